The molecule has 1 aromatic carbocycles. The second-order valence-electron chi connectivity index (χ2n) is 11.2. The molecule has 0 bridgehead atoms. The van der Waals surface area contributed by atoms with Crippen molar-refractivity contribution in [1.82, 2.24) is 14.6 Å². The Morgan fingerprint density at radius 2 is 1.69 bits per heavy atom. The number of halogens is 2. The topological polar surface area (TPSA) is 55.3 Å². The Hall–Kier alpha value is -1.18. The van der Waals surface area contributed by atoms with E-state index in [4.69, 9.17) is 27.9 Å². The van der Waals surface area contributed by atoms with E-state index in [0.717, 1.165) is 46.8 Å². The molecule has 0 radical (unpaired) electrons. The zero-order valence-electron chi connectivity index (χ0n) is 21.9. The van der Waals surface area contributed by atoms with Gasteiger partial charge in [-0.2, -0.15) is 0 Å². The zero-order valence-corrected chi connectivity index (χ0v) is 24.2. The van der Waals surface area contributed by atoms with Gasteiger partial charge in [0, 0.05) is 48.3 Å². The fourth-order valence-electron chi connectivity index (χ4n) is 5.09. The number of hydrogen-bond donors (Lipinski definition) is 2. The summed E-state index contributed by atoms with van der Waals surface area (Å²) >= 11 is 15.0. The Morgan fingerprint density at radius 3 is 2.31 bits per heavy atom. The van der Waals surface area contributed by atoms with Crippen molar-refractivity contribution >= 4 is 41.1 Å². The second-order valence-corrected chi connectivity index (χ2v) is 12.9. The first-order chi connectivity index (χ1) is 17.1. The number of ether oxygens (including phenoxy) is 1. The Balaban J connectivity index is 1.67. The lowest BCUT2D eigenvalue weighted by Gasteiger charge is -2.25. The molecule has 1 saturated carbocycles. The van der Waals surface area contributed by atoms with Crippen LogP contribution in [0.4, 0.5) is 0 Å². The van der Waals surface area contributed by atoms with Crippen LogP contribution in [0.3, 0.4) is 0 Å². The second kappa shape index (κ2) is 12.1. The normalized spacial score (nSPS) is 17.9. The fourth-order valence-corrected chi connectivity index (χ4v) is 6.53. The molecule has 198 valence electrons. The highest BCUT2D eigenvalue weighted by Crippen LogP contribution is 2.39. The number of amides is 1. The SMILES string of the molecule is Cc1c(C(=O)NC2CCOCC2)cc(-c2cc(Cl)c(SNC(C)(C)C)c(Cl)c2)n1CC1CCCCC1. The van der Waals surface area contributed by atoms with Crippen LogP contribution in [-0.2, 0) is 11.3 Å². The highest BCUT2D eigenvalue weighted by Gasteiger charge is 2.25. The van der Waals surface area contributed by atoms with Crippen LogP contribution in [0.15, 0.2) is 23.1 Å². The minimum absolute atomic E-state index is 0.0122. The van der Waals surface area contributed by atoms with E-state index in [1.54, 1.807) is 0 Å². The molecule has 0 atom stereocenters. The molecule has 2 heterocycles. The van der Waals surface area contributed by atoms with E-state index < -0.39 is 0 Å². The van der Waals surface area contributed by atoms with Crippen molar-refractivity contribution in [2.45, 2.75) is 95.7 Å². The summed E-state index contributed by atoms with van der Waals surface area (Å²) in [6.07, 6.45) is 8.05. The summed E-state index contributed by atoms with van der Waals surface area (Å²) in [5.74, 6) is 0.605. The van der Waals surface area contributed by atoms with Crippen LogP contribution in [0.25, 0.3) is 11.3 Å². The number of aromatic nitrogens is 1. The Morgan fingerprint density at radius 1 is 1.06 bits per heavy atom. The van der Waals surface area contributed by atoms with E-state index in [1.165, 1.54) is 44.1 Å². The monoisotopic (exact) mass is 551 g/mol. The summed E-state index contributed by atoms with van der Waals surface area (Å²) in [7, 11) is 0. The van der Waals surface area contributed by atoms with Crippen molar-refractivity contribution in [1.29, 1.82) is 0 Å². The number of rotatable bonds is 7. The third-order valence-corrected chi connectivity index (χ3v) is 9.27. The van der Waals surface area contributed by atoms with Gasteiger partial charge in [0.05, 0.1) is 20.5 Å². The van der Waals surface area contributed by atoms with E-state index in [-0.39, 0.29) is 17.5 Å². The van der Waals surface area contributed by atoms with Gasteiger partial charge in [0.15, 0.2) is 0 Å². The highest BCUT2D eigenvalue weighted by molar-refractivity contribution is 7.97. The van der Waals surface area contributed by atoms with Gasteiger partial charge in [0.2, 0.25) is 0 Å². The van der Waals surface area contributed by atoms with E-state index in [1.807, 2.05) is 18.2 Å². The van der Waals surface area contributed by atoms with Crippen LogP contribution in [0.2, 0.25) is 10.0 Å². The van der Waals surface area contributed by atoms with Crippen molar-refractivity contribution in [2.24, 2.45) is 5.92 Å². The number of carbonyl (C=O) groups excluding carboxylic acids is 1. The van der Waals surface area contributed by atoms with Gasteiger partial charge in [-0.05, 0) is 89.4 Å². The average molecular weight is 553 g/mol. The number of nitrogens with zero attached hydrogens (tertiary/aromatic N) is 1. The predicted molar refractivity (Wildman–Crippen MR) is 151 cm³/mol. The summed E-state index contributed by atoms with van der Waals surface area (Å²) in [6, 6.07) is 6.14. The van der Waals surface area contributed by atoms with Gasteiger partial charge in [0.1, 0.15) is 0 Å². The lowest BCUT2D eigenvalue weighted by molar-refractivity contribution is 0.0696. The molecule has 8 heteroatoms. The first-order valence-electron chi connectivity index (χ1n) is 13.1. The molecule has 2 fully saturated rings. The highest BCUT2D eigenvalue weighted by atomic mass is 35.5. The first-order valence-corrected chi connectivity index (χ1v) is 14.7. The van der Waals surface area contributed by atoms with Crippen LogP contribution < -0.4 is 10.0 Å². The van der Waals surface area contributed by atoms with Crippen molar-refractivity contribution < 1.29 is 9.53 Å². The minimum Gasteiger partial charge on any atom is -0.381 e. The Kier molecular flexibility index (Phi) is 9.38. The molecule has 5 nitrogen and oxygen atoms in total. The lowest BCUT2D eigenvalue weighted by Crippen LogP contribution is -2.39. The van der Waals surface area contributed by atoms with Gasteiger partial charge < -0.3 is 14.6 Å². The maximum Gasteiger partial charge on any atom is 0.253 e. The van der Waals surface area contributed by atoms with Gasteiger partial charge in [-0.25, -0.2) is 0 Å². The molecule has 1 aliphatic carbocycles. The van der Waals surface area contributed by atoms with Gasteiger partial charge >= 0.3 is 0 Å². The minimum atomic E-state index is -0.0749. The van der Waals surface area contributed by atoms with E-state index in [9.17, 15) is 4.79 Å². The molecule has 0 spiro atoms. The molecule has 1 saturated heterocycles. The molecule has 1 amide bonds. The Bertz CT molecular complexity index is 1040. The lowest BCUT2D eigenvalue weighted by atomic mass is 9.89. The largest absolute Gasteiger partial charge is 0.381 e. The average Bonchev–Trinajstić information content (AvgIpc) is 3.15. The van der Waals surface area contributed by atoms with Crippen molar-refractivity contribution in [3.05, 3.63) is 39.5 Å². The predicted octanol–water partition coefficient (Wildman–Crippen LogP) is 7.65. The van der Waals surface area contributed by atoms with Gasteiger partial charge in [-0.1, -0.05) is 42.5 Å². The summed E-state index contributed by atoms with van der Waals surface area (Å²) < 4.78 is 11.2. The quantitative estimate of drug-likeness (QED) is 0.347. The van der Waals surface area contributed by atoms with E-state index in [0.29, 0.717) is 29.2 Å². The van der Waals surface area contributed by atoms with Crippen molar-refractivity contribution in [3.63, 3.8) is 0 Å². The smallest absolute Gasteiger partial charge is 0.253 e. The summed E-state index contributed by atoms with van der Waals surface area (Å²) in [5, 5.41) is 4.45. The van der Waals surface area contributed by atoms with E-state index in [2.05, 4.69) is 42.3 Å². The van der Waals surface area contributed by atoms with Crippen molar-refractivity contribution in [3.8, 4) is 11.3 Å². The molecule has 36 heavy (non-hydrogen) atoms. The Labute approximate surface area is 230 Å². The summed E-state index contributed by atoms with van der Waals surface area (Å²) in [4.78, 5) is 14.2. The van der Waals surface area contributed by atoms with Gasteiger partial charge in [-0.15, -0.1) is 0 Å². The third kappa shape index (κ3) is 7.02. The van der Waals surface area contributed by atoms with Crippen LogP contribution in [0, 0.1) is 12.8 Å². The van der Waals surface area contributed by atoms with Crippen LogP contribution in [0.5, 0.6) is 0 Å². The number of carbonyl (C=O) groups is 1. The molecular formula is C28H39Cl2N3O2S. The maximum atomic E-state index is 13.4. The maximum absolute atomic E-state index is 13.4. The first kappa shape index (κ1) is 27.8. The molecule has 4 rings (SSSR count). The number of benzene rings is 1. The molecule has 2 aliphatic rings. The number of nitrogens with one attached hydrogen (secondary N) is 2. The zero-order chi connectivity index (χ0) is 25.9. The molecule has 0 unspecified atom stereocenters. The molecule has 1 aromatic heterocycles. The van der Waals surface area contributed by atoms with Crippen LogP contribution in [-0.4, -0.2) is 35.3 Å². The molecular weight excluding hydrogens is 513 g/mol. The summed E-state index contributed by atoms with van der Waals surface area (Å²) in [6.45, 7) is 10.7. The molecule has 1 aliphatic heterocycles. The molecule has 2 N–H and O–H groups in total. The van der Waals surface area contributed by atoms with Crippen LogP contribution >= 0.6 is 35.1 Å². The van der Waals surface area contributed by atoms with Crippen molar-refractivity contribution in [2.75, 3.05) is 13.2 Å². The van der Waals surface area contributed by atoms with E-state index >= 15 is 0 Å². The van der Waals surface area contributed by atoms with Gasteiger partial charge in [-0.3, -0.25) is 9.52 Å². The standard InChI is InChI=1S/C28H39Cl2N3O2S/c1-18-22(27(34)31-21-10-12-35-13-11-21)16-25(33(18)17-19-8-6-5-7-9-19)20-14-23(29)26(24(30)15-20)36-32-28(2,3)4/h14-16,19,21,32H,5-13,17H2,1-4H3,(H,31,34). The fraction of sp³-hybridized carbons (Fsp3) is 0.607. The third-order valence-electron chi connectivity index (χ3n) is 7.09. The molecule has 2 aromatic rings. The summed E-state index contributed by atoms with van der Waals surface area (Å²) in [5.41, 5.74) is 3.59. The number of hydrogen-bond acceptors (Lipinski definition) is 4. The van der Waals surface area contributed by atoms with Gasteiger partial charge in [0.25, 0.3) is 5.91 Å². The van der Waals surface area contributed by atoms with Crippen LogP contribution in [0.1, 0.15) is 81.8 Å².